The fourth-order valence-electron chi connectivity index (χ4n) is 2.69. The summed E-state index contributed by atoms with van der Waals surface area (Å²) in [5, 5.41) is 3.34. The van der Waals surface area contributed by atoms with Gasteiger partial charge in [-0.15, -0.1) is 0 Å². The minimum atomic E-state index is 0.324. The van der Waals surface area contributed by atoms with Gasteiger partial charge < -0.3 is 10.2 Å². The number of hydrogen-bond donors (Lipinski definition) is 1. The van der Waals surface area contributed by atoms with E-state index in [1.165, 1.54) is 18.5 Å². The van der Waals surface area contributed by atoms with E-state index in [1.54, 1.807) is 0 Å². The lowest BCUT2D eigenvalue weighted by Gasteiger charge is -2.29. The second-order valence-electron chi connectivity index (χ2n) is 4.66. The van der Waals surface area contributed by atoms with Gasteiger partial charge in [0.15, 0.2) is 0 Å². The molecule has 0 aliphatic carbocycles. The molecular weight excluding hydrogens is 184 g/mol. The van der Waals surface area contributed by atoms with Gasteiger partial charge in [0.05, 0.1) is 0 Å². The van der Waals surface area contributed by atoms with Gasteiger partial charge in [-0.1, -0.05) is 30.3 Å². The third-order valence-electron chi connectivity index (χ3n) is 3.45. The van der Waals surface area contributed by atoms with E-state index >= 15 is 0 Å². The minimum Gasteiger partial charge on any atom is -0.319 e. The first kappa shape index (κ1) is 10.7. The van der Waals surface area contributed by atoms with E-state index in [9.17, 15) is 0 Å². The van der Waals surface area contributed by atoms with Crippen LogP contribution < -0.4 is 5.32 Å². The predicted molar refractivity (Wildman–Crippen MR) is 64.2 cm³/mol. The summed E-state index contributed by atoms with van der Waals surface area (Å²) in [6.07, 6.45) is 1.26. The van der Waals surface area contributed by atoms with Crippen molar-refractivity contribution in [2.75, 3.05) is 33.7 Å². The Bertz CT molecular complexity index is 306. The molecule has 0 radical (unpaired) electrons. The molecule has 1 saturated heterocycles. The average Bonchev–Trinajstić information content (AvgIpc) is 2.63. The number of nitrogens with one attached hydrogen (secondary N) is 1. The Labute approximate surface area is 92.3 Å². The van der Waals surface area contributed by atoms with E-state index in [0.717, 1.165) is 13.1 Å². The van der Waals surface area contributed by atoms with Crippen LogP contribution in [-0.4, -0.2) is 38.6 Å². The highest BCUT2D eigenvalue weighted by molar-refractivity contribution is 5.28. The molecule has 1 heterocycles. The maximum Gasteiger partial charge on any atom is 0.0217 e. The number of likely N-dealkylation sites (tertiary alicyclic amines) is 1. The Hall–Kier alpha value is -0.860. The van der Waals surface area contributed by atoms with E-state index in [2.05, 4.69) is 47.6 Å². The summed E-state index contributed by atoms with van der Waals surface area (Å²) in [7, 11) is 4.25. The minimum absolute atomic E-state index is 0.324. The standard InChI is InChI=1S/C13H20N2/c1-14-10-13(8-9-15(2)11-13)12-6-4-3-5-7-12/h3-7,14H,8-11H2,1-2H3/t13-/m0/s1. The molecule has 2 nitrogen and oxygen atoms in total. The van der Waals surface area contributed by atoms with Crippen molar-refractivity contribution in [1.29, 1.82) is 0 Å². The predicted octanol–water partition coefficient (Wildman–Crippen LogP) is 1.48. The number of benzene rings is 1. The lowest BCUT2D eigenvalue weighted by molar-refractivity contribution is 0.361. The van der Waals surface area contributed by atoms with Crippen molar-refractivity contribution in [3.8, 4) is 0 Å². The van der Waals surface area contributed by atoms with E-state index in [4.69, 9.17) is 0 Å². The average molecular weight is 204 g/mol. The molecule has 0 spiro atoms. The van der Waals surface area contributed by atoms with Crippen LogP contribution in [0.25, 0.3) is 0 Å². The smallest absolute Gasteiger partial charge is 0.0217 e. The maximum atomic E-state index is 3.34. The van der Waals surface area contributed by atoms with Gasteiger partial charge in [-0.3, -0.25) is 0 Å². The van der Waals surface area contributed by atoms with E-state index < -0.39 is 0 Å². The van der Waals surface area contributed by atoms with Gasteiger partial charge in [-0.2, -0.15) is 0 Å². The zero-order valence-corrected chi connectivity index (χ0v) is 9.66. The lowest BCUT2D eigenvalue weighted by Crippen LogP contribution is -2.39. The summed E-state index contributed by atoms with van der Waals surface area (Å²) in [5.41, 5.74) is 1.80. The molecule has 1 fully saturated rings. The highest BCUT2D eigenvalue weighted by Crippen LogP contribution is 2.33. The Balaban J connectivity index is 2.27. The normalized spacial score (nSPS) is 27.1. The van der Waals surface area contributed by atoms with Crippen LogP contribution >= 0.6 is 0 Å². The van der Waals surface area contributed by atoms with Crippen molar-refractivity contribution in [1.82, 2.24) is 10.2 Å². The molecule has 2 rings (SSSR count). The van der Waals surface area contributed by atoms with Crippen LogP contribution in [0.1, 0.15) is 12.0 Å². The molecule has 2 heteroatoms. The summed E-state index contributed by atoms with van der Waals surface area (Å²) in [4.78, 5) is 2.42. The van der Waals surface area contributed by atoms with Gasteiger partial charge in [-0.05, 0) is 32.6 Å². The van der Waals surface area contributed by atoms with E-state index in [0.29, 0.717) is 5.41 Å². The Morgan fingerprint density at radius 3 is 2.60 bits per heavy atom. The molecule has 0 amide bonds. The first-order chi connectivity index (χ1) is 7.27. The largest absolute Gasteiger partial charge is 0.319 e. The topological polar surface area (TPSA) is 15.3 Å². The molecule has 15 heavy (non-hydrogen) atoms. The first-order valence-electron chi connectivity index (χ1n) is 5.65. The quantitative estimate of drug-likeness (QED) is 0.802. The molecule has 1 aromatic rings. The molecule has 1 aliphatic heterocycles. The third kappa shape index (κ3) is 2.06. The third-order valence-corrected chi connectivity index (χ3v) is 3.45. The van der Waals surface area contributed by atoms with Crippen LogP contribution in [0.5, 0.6) is 0 Å². The van der Waals surface area contributed by atoms with Gasteiger partial charge in [0.2, 0.25) is 0 Å². The molecule has 1 aromatic carbocycles. The highest BCUT2D eigenvalue weighted by Gasteiger charge is 2.37. The zero-order valence-electron chi connectivity index (χ0n) is 9.66. The molecule has 1 aliphatic rings. The summed E-state index contributed by atoms with van der Waals surface area (Å²) in [6.45, 7) is 3.44. The first-order valence-corrected chi connectivity index (χ1v) is 5.65. The second-order valence-corrected chi connectivity index (χ2v) is 4.66. The van der Waals surface area contributed by atoms with Gasteiger partial charge in [-0.25, -0.2) is 0 Å². The lowest BCUT2D eigenvalue weighted by atomic mass is 9.79. The van der Waals surface area contributed by atoms with Crippen LogP contribution in [-0.2, 0) is 5.41 Å². The van der Waals surface area contributed by atoms with Gasteiger partial charge >= 0.3 is 0 Å². The van der Waals surface area contributed by atoms with Crippen LogP contribution in [0.2, 0.25) is 0 Å². The SMILES string of the molecule is CNC[C@@]1(c2ccccc2)CCN(C)C1. The van der Waals surface area contributed by atoms with Crippen molar-refractivity contribution in [2.24, 2.45) is 0 Å². The van der Waals surface area contributed by atoms with Crippen molar-refractivity contribution in [3.63, 3.8) is 0 Å². The molecule has 0 unspecified atom stereocenters. The van der Waals surface area contributed by atoms with Crippen molar-refractivity contribution in [2.45, 2.75) is 11.8 Å². The zero-order chi connectivity index (χ0) is 10.7. The Morgan fingerprint density at radius 1 is 1.33 bits per heavy atom. The van der Waals surface area contributed by atoms with Crippen molar-refractivity contribution >= 4 is 0 Å². The summed E-state index contributed by atoms with van der Waals surface area (Å²) in [6, 6.07) is 10.9. The number of likely N-dealkylation sites (N-methyl/N-ethyl adjacent to an activating group) is 2. The molecule has 1 atom stereocenters. The molecule has 0 aromatic heterocycles. The van der Waals surface area contributed by atoms with Crippen LogP contribution in [0.4, 0.5) is 0 Å². The summed E-state index contributed by atoms with van der Waals surface area (Å²) in [5.74, 6) is 0. The molecule has 0 saturated carbocycles. The van der Waals surface area contributed by atoms with Crippen molar-refractivity contribution < 1.29 is 0 Å². The summed E-state index contributed by atoms with van der Waals surface area (Å²) < 4.78 is 0. The van der Waals surface area contributed by atoms with Gasteiger partial charge in [0.25, 0.3) is 0 Å². The van der Waals surface area contributed by atoms with Crippen LogP contribution in [0, 0.1) is 0 Å². The molecular formula is C13H20N2. The summed E-state index contributed by atoms with van der Waals surface area (Å²) >= 11 is 0. The van der Waals surface area contributed by atoms with Gasteiger partial charge in [0.1, 0.15) is 0 Å². The van der Waals surface area contributed by atoms with Crippen LogP contribution in [0.15, 0.2) is 30.3 Å². The molecule has 1 N–H and O–H groups in total. The fourth-order valence-corrected chi connectivity index (χ4v) is 2.69. The number of hydrogen-bond acceptors (Lipinski definition) is 2. The van der Waals surface area contributed by atoms with Crippen molar-refractivity contribution in [3.05, 3.63) is 35.9 Å². The Kier molecular flexibility index (Phi) is 3.08. The highest BCUT2D eigenvalue weighted by atomic mass is 15.1. The molecule has 82 valence electrons. The maximum absolute atomic E-state index is 3.34. The van der Waals surface area contributed by atoms with Crippen LogP contribution in [0.3, 0.4) is 0 Å². The monoisotopic (exact) mass is 204 g/mol. The molecule has 0 bridgehead atoms. The van der Waals surface area contributed by atoms with Gasteiger partial charge in [0, 0.05) is 18.5 Å². The van der Waals surface area contributed by atoms with E-state index in [1.807, 2.05) is 7.05 Å². The fraction of sp³-hybridized carbons (Fsp3) is 0.538. The number of nitrogens with zero attached hydrogens (tertiary/aromatic N) is 1. The van der Waals surface area contributed by atoms with E-state index in [-0.39, 0.29) is 0 Å². The Morgan fingerprint density at radius 2 is 2.07 bits per heavy atom. The number of rotatable bonds is 3. The second kappa shape index (κ2) is 4.33.